The lowest BCUT2D eigenvalue weighted by Crippen LogP contribution is -2.48. The number of furan rings is 1. The molecule has 1 fully saturated rings. The molecular weight excluding hydrogens is 498 g/mol. The fourth-order valence-corrected chi connectivity index (χ4v) is 3.73. The lowest BCUT2D eigenvalue weighted by molar-refractivity contribution is 0.198. The minimum atomic E-state index is -0.306. The van der Waals surface area contributed by atoms with E-state index >= 15 is 0 Å². The maximum atomic E-state index is 13.9. The van der Waals surface area contributed by atoms with Gasteiger partial charge in [0.1, 0.15) is 11.5 Å². The Bertz CT molecular complexity index is 848. The summed E-state index contributed by atoms with van der Waals surface area (Å²) in [5.41, 5.74) is 2.12. The molecule has 3 rings (SSSR count). The summed E-state index contributed by atoms with van der Waals surface area (Å²) in [5.74, 6) is 2.65. The quantitative estimate of drug-likeness (QED) is 0.336. The largest absolute Gasteiger partial charge is 0.494 e. The predicted octanol–water partition coefficient (Wildman–Crippen LogP) is 3.99. The van der Waals surface area contributed by atoms with Gasteiger partial charge in [-0.3, -0.25) is 9.89 Å². The third kappa shape index (κ3) is 6.60. The van der Waals surface area contributed by atoms with Crippen molar-refractivity contribution in [2.45, 2.75) is 45.8 Å². The molecule has 1 aromatic heterocycles. The van der Waals surface area contributed by atoms with Crippen molar-refractivity contribution in [1.82, 2.24) is 15.5 Å². The number of halogens is 2. The van der Waals surface area contributed by atoms with Crippen molar-refractivity contribution in [2.24, 2.45) is 4.99 Å². The number of benzene rings is 1. The van der Waals surface area contributed by atoms with Crippen molar-refractivity contribution < 1.29 is 13.5 Å². The lowest BCUT2D eigenvalue weighted by atomic mass is 10.0. The van der Waals surface area contributed by atoms with E-state index < -0.39 is 0 Å². The molecular formula is C22H32FIN4O2. The number of aryl methyl sites for hydroxylation is 2. The van der Waals surface area contributed by atoms with Crippen molar-refractivity contribution in [2.75, 3.05) is 27.2 Å². The number of rotatable bonds is 6. The minimum absolute atomic E-state index is 0. The number of ether oxygens (including phenoxy) is 1. The molecule has 0 atom stereocenters. The first-order valence-corrected chi connectivity index (χ1v) is 10.1. The van der Waals surface area contributed by atoms with Crippen LogP contribution in [0, 0.1) is 19.7 Å². The molecule has 0 bridgehead atoms. The average molecular weight is 530 g/mol. The highest BCUT2D eigenvalue weighted by atomic mass is 127. The second-order valence-corrected chi connectivity index (χ2v) is 7.53. The van der Waals surface area contributed by atoms with Crippen LogP contribution in [0.4, 0.5) is 4.39 Å². The van der Waals surface area contributed by atoms with Gasteiger partial charge in [0.15, 0.2) is 17.5 Å². The lowest BCUT2D eigenvalue weighted by Gasteiger charge is -2.33. The van der Waals surface area contributed by atoms with E-state index in [1.54, 1.807) is 19.2 Å². The number of hydrogen-bond donors (Lipinski definition) is 2. The van der Waals surface area contributed by atoms with Crippen LogP contribution < -0.4 is 15.4 Å². The van der Waals surface area contributed by atoms with Crippen LogP contribution >= 0.6 is 24.0 Å². The molecule has 1 aliphatic heterocycles. The van der Waals surface area contributed by atoms with Crippen LogP contribution in [0.25, 0.3) is 0 Å². The fourth-order valence-electron chi connectivity index (χ4n) is 3.73. The monoisotopic (exact) mass is 530 g/mol. The Morgan fingerprint density at radius 1 is 1.27 bits per heavy atom. The molecule has 1 aliphatic rings. The molecule has 2 aromatic rings. The van der Waals surface area contributed by atoms with Crippen molar-refractivity contribution in [3.05, 3.63) is 52.7 Å². The van der Waals surface area contributed by atoms with Crippen LogP contribution in [0.5, 0.6) is 5.75 Å². The van der Waals surface area contributed by atoms with E-state index in [4.69, 9.17) is 9.15 Å². The molecule has 0 radical (unpaired) electrons. The molecule has 0 saturated carbocycles. The molecule has 0 unspecified atom stereocenters. The third-order valence-corrected chi connectivity index (χ3v) is 5.36. The Morgan fingerprint density at radius 3 is 2.57 bits per heavy atom. The zero-order valence-electron chi connectivity index (χ0n) is 18.1. The van der Waals surface area contributed by atoms with Gasteiger partial charge >= 0.3 is 0 Å². The Labute approximate surface area is 195 Å². The third-order valence-electron chi connectivity index (χ3n) is 5.36. The van der Waals surface area contributed by atoms with E-state index in [-0.39, 0.29) is 35.5 Å². The van der Waals surface area contributed by atoms with Crippen molar-refractivity contribution in [1.29, 1.82) is 0 Å². The summed E-state index contributed by atoms with van der Waals surface area (Å²) in [6.45, 7) is 7.29. The molecule has 30 heavy (non-hydrogen) atoms. The highest BCUT2D eigenvalue weighted by Gasteiger charge is 2.20. The van der Waals surface area contributed by atoms with Crippen LogP contribution in [-0.4, -0.2) is 44.1 Å². The Morgan fingerprint density at radius 2 is 2.00 bits per heavy atom. The summed E-state index contributed by atoms with van der Waals surface area (Å²) in [6.07, 6.45) is 2.03. The summed E-state index contributed by atoms with van der Waals surface area (Å²) in [6, 6.07) is 7.61. The fraction of sp³-hybridized carbons (Fsp3) is 0.500. The summed E-state index contributed by atoms with van der Waals surface area (Å²) in [5, 5.41) is 6.88. The first kappa shape index (κ1) is 24.5. The molecule has 0 aliphatic carbocycles. The molecule has 2 N–H and O–H groups in total. The minimum Gasteiger partial charge on any atom is -0.494 e. The van der Waals surface area contributed by atoms with Gasteiger partial charge < -0.3 is 19.8 Å². The maximum absolute atomic E-state index is 13.9. The van der Waals surface area contributed by atoms with Gasteiger partial charge in [-0.05, 0) is 50.5 Å². The van der Waals surface area contributed by atoms with Gasteiger partial charge in [0, 0.05) is 44.8 Å². The van der Waals surface area contributed by atoms with Crippen LogP contribution in [0.15, 0.2) is 33.7 Å². The second kappa shape index (κ2) is 11.5. The smallest absolute Gasteiger partial charge is 0.191 e. The van der Waals surface area contributed by atoms with E-state index in [2.05, 4.69) is 26.6 Å². The first-order valence-electron chi connectivity index (χ1n) is 10.1. The van der Waals surface area contributed by atoms with Gasteiger partial charge in [-0.25, -0.2) is 4.39 Å². The van der Waals surface area contributed by atoms with Crippen LogP contribution in [0.1, 0.15) is 35.5 Å². The van der Waals surface area contributed by atoms with E-state index in [0.717, 1.165) is 61.1 Å². The molecule has 0 amide bonds. The van der Waals surface area contributed by atoms with Gasteiger partial charge in [0.25, 0.3) is 0 Å². The van der Waals surface area contributed by atoms with E-state index in [9.17, 15) is 4.39 Å². The van der Waals surface area contributed by atoms with Crippen LogP contribution in [0.2, 0.25) is 0 Å². The zero-order valence-corrected chi connectivity index (χ0v) is 20.5. The van der Waals surface area contributed by atoms with Gasteiger partial charge in [-0.1, -0.05) is 6.07 Å². The number of likely N-dealkylation sites (tertiary alicyclic amines) is 1. The summed E-state index contributed by atoms with van der Waals surface area (Å²) >= 11 is 0. The summed E-state index contributed by atoms with van der Waals surface area (Å²) in [7, 11) is 3.27. The van der Waals surface area contributed by atoms with Gasteiger partial charge in [-0.2, -0.15) is 0 Å². The molecule has 0 spiro atoms. The maximum Gasteiger partial charge on any atom is 0.191 e. The van der Waals surface area contributed by atoms with Gasteiger partial charge in [0.05, 0.1) is 7.11 Å². The molecule has 2 heterocycles. The van der Waals surface area contributed by atoms with E-state index in [0.29, 0.717) is 12.6 Å². The molecule has 1 saturated heterocycles. The number of guanidine groups is 1. The topological polar surface area (TPSA) is 62.0 Å². The van der Waals surface area contributed by atoms with Crippen LogP contribution in [-0.2, 0) is 13.1 Å². The standard InChI is InChI=1S/C22H31FN4O2.HI/c1-15-11-18(16(2)29-15)13-25-22(24-3)26-19-7-9-27(10-8-19)14-17-5-6-21(28-4)20(23)12-17;/h5-6,11-12,19H,7-10,13-14H2,1-4H3,(H2,24,25,26);1H. The second-order valence-electron chi connectivity index (χ2n) is 7.53. The van der Waals surface area contributed by atoms with Crippen molar-refractivity contribution in [3.63, 3.8) is 0 Å². The zero-order chi connectivity index (χ0) is 20.8. The van der Waals surface area contributed by atoms with E-state index in [1.807, 2.05) is 19.9 Å². The summed E-state index contributed by atoms with van der Waals surface area (Å²) < 4.78 is 24.5. The molecule has 1 aromatic carbocycles. The van der Waals surface area contributed by atoms with Gasteiger partial charge in [0.2, 0.25) is 0 Å². The summed E-state index contributed by atoms with van der Waals surface area (Å²) in [4.78, 5) is 6.70. The highest BCUT2D eigenvalue weighted by molar-refractivity contribution is 14.0. The van der Waals surface area contributed by atoms with Gasteiger partial charge in [-0.15, -0.1) is 24.0 Å². The Hall–Kier alpha value is -1.81. The Kier molecular flexibility index (Phi) is 9.41. The molecule has 6 nitrogen and oxygen atoms in total. The average Bonchev–Trinajstić information content (AvgIpc) is 3.03. The number of piperidine rings is 1. The number of nitrogens with zero attached hydrogens (tertiary/aromatic N) is 2. The van der Waals surface area contributed by atoms with E-state index in [1.165, 1.54) is 7.11 Å². The number of hydrogen-bond acceptors (Lipinski definition) is 4. The van der Waals surface area contributed by atoms with Crippen molar-refractivity contribution >= 4 is 29.9 Å². The first-order chi connectivity index (χ1) is 14.0. The highest BCUT2D eigenvalue weighted by Crippen LogP contribution is 2.20. The van der Waals surface area contributed by atoms with Crippen molar-refractivity contribution in [3.8, 4) is 5.75 Å². The Balaban J connectivity index is 0.00000320. The predicted molar refractivity (Wildman–Crippen MR) is 128 cm³/mol. The number of methoxy groups -OCH3 is 1. The molecule has 8 heteroatoms. The number of nitrogens with one attached hydrogen (secondary N) is 2. The van der Waals surface area contributed by atoms with Crippen LogP contribution in [0.3, 0.4) is 0 Å². The SMILES string of the molecule is CN=C(NCc1cc(C)oc1C)NC1CCN(Cc2ccc(OC)c(F)c2)CC1.I. The molecule has 166 valence electrons. The normalized spacial score (nSPS) is 15.6. The number of aliphatic imine (C=N–C) groups is 1.